The van der Waals surface area contributed by atoms with Crippen LogP contribution in [0.5, 0.6) is 5.75 Å². The van der Waals surface area contributed by atoms with E-state index in [9.17, 15) is 9.59 Å². The third kappa shape index (κ3) is 5.34. The van der Waals surface area contributed by atoms with Gasteiger partial charge < -0.3 is 14.4 Å². The molecule has 0 atom stereocenters. The zero-order valence-electron chi connectivity index (χ0n) is 15.5. The molecular formula is C21H25NO4. The van der Waals surface area contributed by atoms with E-state index in [1.54, 1.807) is 18.9 Å². The van der Waals surface area contributed by atoms with Crippen molar-refractivity contribution in [3.63, 3.8) is 0 Å². The second-order valence-corrected chi connectivity index (χ2v) is 5.94. The Balaban J connectivity index is 2.18. The average Bonchev–Trinajstić information content (AvgIpc) is 2.65. The number of hydrogen-bond acceptors (Lipinski definition) is 4. The van der Waals surface area contributed by atoms with Gasteiger partial charge in [0.2, 0.25) is 0 Å². The van der Waals surface area contributed by atoms with E-state index in [4.69, 9.17) is 9.47 Å². The minimum Gasteiger partial charge on any atom is -0.497 e. The predicted octanol–water partition coefficient (Wildman–Crippen LogP) is 3.60. The summed E-state index contributed by atoms with van der Waals surface area (Å²) < 4.78 is 10.2. The number of amides is 1. The molecule has 0 heterocycles. The molecule has 0 fully saturated rings. The van der Waals surface area contributed by atoms with Crippen molar-refractivity contribution >= 4 is 11.9 Å². The minimum absolute atomic E-state index is 0.0942. The second-order valence-electron chi connectivity index (χ2n) is 5.94. The first-order valence-electron chi connectivity index (χ1n) is 8.68. The number of carbonyl (C=O) groups excluding carboxylic acids is 2. The first-order chi connectivity index (χ1) is 12.5. The average molecular weight is 355 g/mol. The van der Waals surface area contributed by atoms with Gasteiger partial charge in [0.1, 0.15) is 5.75 Å². The summed E-state index contributed by atoms with van der Waals surface area (Å²) in [7, 11) is 1.61. The fourth-order valence-electron chi connectivity index (χ4n) is 2.65. The Morgan fingerprint density at radius 3 is 2.35 bits per heavy atom. The van der Waals surface area contributed by atoms with E-state index in [1.807, 2.05) is 55.5 Å². The number of benzene rings is 2. The summed E-state index contributed by atoms with van der Waals surface area (Å²) in [6.45, 7) is 4.73. The molecule has 5 nitrogen and oxygen atoms in total. The zero-order chi connectivity index (χ0) is 18.9. The van der Waals surface area contributed by atoms with Gasteiger partial charge in [-0.25, -0.2) is 0 Å². The first kappa shape index (κ1) is 19.5. The van der Waals surface area contributed by atoms with Crippen LogP contribution in [0.15, 0.2) is 48.5 Å². The van der Waals surface area contributed by atoms with Crippen LogP contribution in [0.4, 0.5) is 0 Å². The highest BCUT2D eigenvalue weighted by Gasteiger charge is 2.19. The van der Waals surface area contributed by atoms with Crippen molar-refractivity contribution in [2.45, 2.75) is 26.8 Å². The summed E-state index contributed by atoms with van der Waals surface area (Å²) in [5, 5.41) is 0. The second kappa shape index (κ2) is 9.61. The molecule has 2 rings (SSSR count). The number of esters is 1. The summed E-state index contributed by atoms with van der Waals surface area (Å²) >= 11 is 0. The lowest BCUT2D eigenvalue weighted by molar-refractivity contribution is -0.143. The van der Waals surface area contributed by atoms with E-state index in [0.717, 1.165) is 16.9 Å². The molecule has 0 aliphatic carbocycles. The Labute approximate surface area is 154 Å². The summed E-state index contributed by atoms with van der Waals surface area (Å²) in [6.07, 6.45) is 0.168. The van der Waals surface area contributed by atoms with Crippen LogP contribution in [0.25, 0.3) is 0 Å². The molecular weight excluding hydrogens is 330 g/mol. The summed E-state index contributed by atoms with van der Waals surface area (Å²) in [5.74, 6) is 0.366. The molecule has 0 bridgehead atoms. The molecule has 0 N–H and O–H groups in total. The van der Waals surface area contributed by atoms with Gasteiger partial charge in [-0.3, -0.25) is 9.59 Å². The van der Waals surface area contributed by atoms with Crippen LogP contribution in [0.3, 0.4) is 0 Å². The van der Waals surface area contributed by atoms with Gasteiger partial charge in [0.25, 0.3) is 5.91 Å². The van der Waals surface area contributed by atoms with E-state index >= 15 is 0 Å². The van der Waals surface area contributed by atoms with Crippen molar-refractivity contribution in [3.05, 3.63) is 65.2 Å². The Bertz CT molecular complexity index is 740. The number of hydrogen-bond donors (Lipinski definition) is 0. The standard InChI is InChI=1S/C21H25NO4/c1-4-26-20(23)13-14-22(15-17-9-11-18(25-3)12-10-17)21(24)19-8-6-5-7-16(19)2/h5-12H,4,13-15H2,1-3H3. The maximum Gasteiger partial charge on any atom is 0.307 e. The van der Waals surface area contributed by atoms with Crippen LogP contribution < -0.4 is 4.74 Å². The van der Waals surface area contributed by atoms with Crippen LogP contribution in [0.2, 0.25) is 0 Å². The third-order valence-corrected chi connectivity index (χ3v) is 4.09. The normalized spacial score (nSPS) is 10.3. The Morgan fingerprint density at radius 2 is 1.73 bits per heavy atom. The number of rotatable bonds is 8. The Kier molecular flexibility index (Phi) is 7.21. The van der Waals surface area contributed by atoms with Gasteiger partial charge in [-0.05, 0) is 43.2 Å². The highest BCUT2D eigenvalue weighted by atomic mass is 16.5. The van der Waals surface area contributed by atoms with Gasteiger partial charge in [-0.2, -0.15) is 0 Å². The van der Waals surface area contributed by atoms with Crippen molar-refractivity contribution in [1.29, 1.82) is 0 Å². The van der Waals surface area contributed by atoms with Crippen molar-refractivity contribution < 1.29 is 19.1 Å². The zero-order valence-corrected chi connectivity index (χ0v) is 15.5. The highest BCUT2D eigenvalue weighted by molar-refractivity contribution is 5.95. The first-order valence-corrected chi connectivity index (χ1v) is 8.68. The van der Waals surface area contributed by atoms with Crippen LogP contribution in [0, 0.1) is 6.92 Å². The molecule has 0 aliphatic rings. The van der Waals surface area contributed by atoms with E-state index < -0.39 is 0 Å². The third-order valence-electron chi connectivity index (χ3n) is 4.09. The number of methoxy groups -OCH3 is 1. The summed E-state index contributed by atoms with van der Waals surface area (Å²) in [4.78, 5) is 26.4. The summed E-state index contributed by atoms with van der Waals surface area (Å²) in [5.41, 5.74) is 2.52. The monoisotopic (exact) mass is 355 g/mol. The molecule has 0 saturated carbocycles. The van der Waals surface area contributed by atoms with Gasteiger partial charge in [-0.15, -0.1) is 0 Å². The highest BCUT2D eigenvalue weighted by Crippen LogP contribution is 2.17. The van der Waals surface area contributed by atoms with Crippen molar-refractivity contribution in [2.24, 2.45) is 0 Å². The quantitative estimate of drug-likeness (QED) is 0.679. The van der Waals surface area contributed by atoms with E-state index in [1.165, 1.54) is 0 Å². The van der Waals surface area contributed by atoms with Gasteiger partial charge in [0, 0.05) is 18.7 Å². The van der Waals surface area contributed by atoms with Crippen molar-refractivity contribution in [2.75, 3.05) is 20.3 Å². The molecule has 0 aliphatic heterocycles. The largest absolute Gasteiger partial charge is 0.497 e. The van der Waals surface area contributed by atoms with Crippen LogP contribution in [-0.4, -0.2) is 37.0 Å². The van der Waals surface area contributed by atoms with Gasteiger partial charge in [0.15, 0.2) is 0 Å². The van der Waals surface area contributed by atoms with Crippen LogP contribution >= 0.6 is 0 Å². The molecule has 0 spiro atoms. The Morgan fingerprint density at radius 1 is 1.04 bits per heavy atom. The molecule has 5 heteroatoms. The fraction of sp³-hybridized carbons (Fsp3) is 0.333. The molecule has 0 aromatic heterocycles. The van der Waals surface area contributed by atoms with E-state index in [-0.39, 0.29) is 18.3 Å². The van der Waals surface area contributed by atoms with Gasteiger partial charge in [0.05, 0.1) is 20.1 Å². The predicted molar refractivity (Wildman–Crippen MR) is 100 cm³/mol. The SMILES string of the molecule is CCOC(=O)CCN(Cc1ccc(OC)cc1)C(=O)c1ccccc1C. The summed E-state index contributed by atoms with van der Waals surface area (Å²) in [6, 6.07) is 15.0. The topological polar surface area (TPSA) is 55.8 Å². The fourth-order valence-corrected chi connectivity index (χ4v) is 2.65. The maximum atomic E-state index is 13.0. The lowest BCUT2D eigenvalue weighted by Crippen LogP contribution is -2.33. The Hall–Kier alpha value is -2.82. The molecule has 0 radical (unpaired) electrons. The lowest BCUT2D eigenvalue weighted by Gasteiger charge is -2.23. The number of aryl methyl sites for hydroxylation is 1. The van der Waals surface area contributed by atoms with Crippen LogP contribution in [0.1, 0.15) is 34.8 Å². The van der Waals surface area contributed by atoms with Crippen molar-refractivity contribution in [1.82, 2.24) is 4.90 Å². The molecule has 1 amide bonds. The van der Waals surface area contributed by atoms with Crippen molar-refractivity contribution in [3.8, 4) is 5.75 Å². The van der Waals surface area contributed by atoms with E-state index in [2.05, 4.69) is 0 Å². The molecule has 2 aromatic rings. The van der Waals surface area contributed by atoms with Gasteiger partial charge >= 0.3 is 5.97 Å². The van der Waals surface area contributed by atoms with Gasteiger partial charge in [-0.1, -0.05) is 30.3 Å². The van der Waals surface area contributed by atoms with E-state index in [0.29, 0.717) is 25.3 Å². The lowest BCUT2D eigenvalue weighted by atomic mass is 10.1. The van der Waals surface area contributed by atoms with Crippen LogP contribution in [-0.2, 0) is 16.1 Å². The number of nitrogens with zero attached hydrogens (tertiary/aromatic N) is 1. The minimum atomic E-state index is -0.301. The molecule has 0 unspecified atom stereocenters. The molecule has 0 saturated heterocycles. The number of ether oxygens (including phenoxy) is 2. The molecule has 2 aromatic carbocycles. The maximum absolute atomic E-state index is 13.0. The molecule has 138 valence electrons. The smallest absolute Gasteiger partial charge is 0.307 e. The number of carbonyl (C=O) groups is 2. The molecule has 26 heavy (non-hydrogen) atoms.